The van der Waals surface area contributed by atoms with E-state index in [1.165, 1.54) is 38.5 Å². The average molecular weight is 441 g/mol. The van der Waals surface area contributed by atoms with E-state index < -0.39 is 0 Å². The van der Waals surface area contributed by atoms with Crippen LogP contribution in [0, 0.1) is 52.3 Å². The van der Waals surface area contributed by atoms with Gasteiger partial charge in [-0.05, 0) is 97.2 Å². The molecule has 9 atom stereocenters. The van der Waals surface area contributed by atoms with Gasteiger partial charge in [0.2, 0.25) is 0 Å². The molecule has 180 valence electrons. The van der Waals surface area contributed by atoms with Crippen molar-refractivity contribution in [1.29, 1.82) is 0 Å². The number of ether oxygens (including phenoxy) is 1. The van der Waals surface area contributed by atoms with Gasteiger partial charge in [0.1, 0.15) is 6.10 Å². The standard InChI is InChI=1S/C30H48O2/c1-19(2)20(3)8-9-21(4)26-12-13-27-25-11-10-23-18-24(32-22(5)31)14-16-29(23,6)28(25)15-17-30(26,27)7/h8-10,19-21,24-28H,11-18H2,1-7H3/b9-8+/t20-,21+,24-,25+,26+,27+,28+,29-,30+/m0/s1. The van der Waals surface area contributed by atoms with Gasteiger partial charge in [0.25, 0.3) is 0 Å². The molecular formula is C30H48O2. The zero-order valence-corrected chi connectivity index (χ0v) is 21.8. The lowest BCUT2D eigenvalue weighted by Gasteiger charge is -2.58. The third-order valence-electron chi connectivity index (χ3n) is 10.9. The number of carbonyl (C=O) groups excluding carboxylic acids is 1. The highest BCUT2D eigenvalue weighted by molar-refractivity contribution is 5.66. The van der Waals surface area contributed by atoms with Crippen LogP contribution in [0.4, 0.5) is 0 Å². The van der Waals surface area contributed by atoms with Crippen LogP contribution in [0.25, 0.3) is 0 Å². The Morgan fingerprint density at radius 3 is 2.47 bits per heavy atom. The monoisotopic (exact) mass is 440 g/mol. The summed E-state index contributed by atoms with van der Waals surface area (Å²) in [6.07, 6.45) is 17.8. The quantitative estimate of drug-likeness (QED) is 0.320. The summed E-state index contributed by atoms with van der Waals surface area (Å²) in [6.45, 7) is 16.3. The Balaban J connectivity index is 1.50. The lowest BCUT2D eigenvalue weighted by atomic mass is 9.47. The summed E-state index contributed by atoms with van der Waals surface area (Å²) in [6, 6.07) is 0. The van der Waals surface area contributed by atoms with Gasteiger partial charge in [0.05, 0.1) is 0 Å². The second-order valence-corrected chi connectivity index (χ2v) is 12.8. The molecule has 4 rings (SSSR count). The molecule has 32 heavy (non-hydrogen) atoms. The molecular weight excluding hydrogens is 392 g/mol. The van der Waals surface area contributed by atoms with E-state index in [0.717, 1.165) is 42.4 Å². The summed E-state index contributed by atoms with van der Waals surface area (Å²) in [7, 11) is 0. The number of carbonyl (C=O) groups is 1. The van der Waals surface area contributed by atoms with Gasteiger partial charge in [0.15, 0.2) is 0 Å². The van der Waals surface area contributed by atoms with Crippen LogP contribution >= 0.6 is 0 Å². The fourth-order valence-electron chi connectivity index (χ4n) is 8.57. The number of esters is 1. The van der Waals surface area contributed by atoms with E-state index in [-0.39, 0.29) is 12.1 Å². The molecule has 0 amide bonds. The Bertz CT molecular complexity index is 763. The molecule has 0 aromatic carbocycles. The minimum atomic E-state index is -0.121. The van der Waals surface area contributed by atoms with Crippen molar-refractivity contribution in [2.75, 3.05) is 0 Å². The third kappa shape index (κ3) is 4.14. The van der Waals surface area contributed by atoms with Gasteiger partial charge in [-0.3, -0.25) is 4.79 Å². The van der Waals surface area contributed by atoms with Crippen molar-refractivity contribution in [1.82, 2.24) is 0 Å². The zero-order valence-electron chi connectivity index (χ0n) is 21.8. The summed E-state index contributed by atoms with van der Waals surface area (Å²) in [5, 5.41) is 0. The van der Waals surface area contributed by atoms with E-state index in [4.69, 9.17) is 4.74 Å². The van der Waals surface area contributed by atoms with Crippen LogP contribution in [0.3, 0.4) is 0 Å². The van der Waals surface area contributed by atoms with Crippen LogP contribution < -0.4 is 0 Å². The van der Waals surface area contributed by atoms with Crippen molar-refractivity contribution in [2.24, 2.45) is 52.3 Å². The average Bonchev–Trinajstić information content (AvgIpc) is 3.08. The van der Waals surface area contributed by atoms with E-state index in [1.807, 2.05) is 0 Å². The van der Waals surface area contributed by atoms with Crippen molar-refractivity contribution < 1.29 is 9.53 Å². The maximum absolute atomic E-state index is 11.5. The SMILES string of the molecule is CC(=O)O[C@H]1CC[C@@]2(C)C(=CC[C@@H]3[C@H]4CC[C@H]([C@H](C)/C=C/[C@H](C)C(C)C)[C@@]4(C)CC[C@H]32)C1. The number of fused-ring (bicyclic) bond motifs is 5. The first kappa shape index (κ1) is 24.1. The molecule has 0 aliphatic heterocycles. The zero-order chi connectivity index (χ0) is 23.3. The second-order valence-electron chi connectivity index (χ2n) is 12.8. The maximum atomic E-state index is 11.5. The lowest BCUT2D eigenvalue weighted by molar-refractivity contribution is -0.148. The van der Waals surface area contributed by atoms with Crippen molar-refractivity contribution in [3.05, 3.63) is 23.8 Å². The molecule has 0 heterocycles. The molecule has 0 radical (unpaired) electrons. The highest BCUT2D eigenvalue weighted by Crippen LogP contribution is 2.67. The molecule has 0 saturated heterocycles. The van der Waals surface area contributed by atoms with Gasteiger partial charge < -0.3 is 4.74 Å². The number of hydrogen-bond donors (Lipinski definition) is 0. The first-order valence-corrected chi connectivity index (χ1v) is 13.6. The molecule has 0 aromatic heterocycles. The first-order chi connectivity index (χ1) is 15.1. The van der Waals surface area contributed by atoms with E-state index >= 15 is 0 Å². The highest BCUT2D eigenvalue weighted by Gasteiger charge is 2.59. The number of allylic oxidation sites excluding steroid dienone is 3. The summed E-state index contributed by atoms with van der Waals surface area (Å²) in [5.74, 6) is 5.35. The Labute approximate surface area is 197 Å². The van der Waals surface area contributed by atoms with Crippen molar-refractivity contribution in [2.45, 2.75) is 106 Å². The van der Waals surface area contributed by atoms with Crippen LogP contribution in [0.2, 0.25) is 0 Å². The summed E-state index contributed by atoms with van der Waals surface area (Å²) in [5.41, 5.74) is 2.44. The van der Waals surface area contributed by atoms with Crippen molar-refractivity contribution >= 4 is 5.97 Å². The molecule has 0 spiro atoms. The summed E-state index contributed by atoms with van der Waals surface area (Å²) >= 11 is 0. The van der Waals surface area contributed by atoms with Gasteiger partial charge >= 0.3 is 5.97 Å². The molecule has 0 bridgehead atoms. The summed E-state index contributed by atoms with van der Waals surface area (Å²) in [4.78, 5) is 11.5. The van der Waals surface area contributed by atoms with E-state index in [2.05, 4.69) is 59.8 Å². The van der Waals surface area contributed by atoms with Crippen molar-refractivity contribution in [3.8, 4) is 0 Å². The molecule has 3 saturated carbocycles. The Hall–Kier alpha value is -1.05. The fourth-order valence-corrected chi connectivity index (χ4v) is 8.57. The molecule has 4 aliphatic carbocycles. The second kappa shape index (κ2) is 8.95. The van der Waals surface area contributed by atoms with Gasteiger partial charge in [-0.2, -0.15) is 0 Å². The molecule has 4 aliphatic rings. The number of hydrogen-bond acceptors (Lipinski definition) is 2. The van der Waals surface area contributed by atoms with Crippen LogP contribution in [0.5, 0.6) is 0 Å². The van der Waals surface area contributed by atoms with Crippen molar-refractivity contribution in [3.63, 3.8) is 0 Å². The molecule has 0 aromatic rings. The lowest BCUT2D eigenvalue weighted by Crippen LogP contribution is -2.51. The Morgan fingerprint density at radius 2 is 1.78 bits per heavy atom. The third-order valence-corrected chi connectivity index (χ3v) is 10.9. The molecule has 0 unspecified atom stereocenters. The van der Waals surface area contributed by atoms with Gasteiger partial charge in [-0.15, -0.1) is 0 Å². The molecule has 2 heteroatoms. The maximum Gasteiger partial charge on any atom is 0.302 e. The minimum absolute atomic E-state index is 0.106. The molecule has 2 nitrogen and oxygen atoms in total. The van der Waals surface area contributed by atoms with E-state index in [1.54, 1.807) is 12.5 Å². The summed E-state index contributed by atoms with van der Waals surface area (Å²) < 4.78 is 5.62. The fraction of sp³-hybridized carbons (Fsp3) is 0.833. The minimum Gasteiger partial charge on any atom is -0.462 e. The van der Waals surface area contributed by atoms with Crippen LogP contribution in [-0.4, -0.2) is 12.1 Å². The largest absolute Gasteiger partial charge is 0.462 e. The van der Waals surface area contributed by atoms with E-state index in [0.29, 0.717) is 22.7 Å². The predicted molar refractivity (Wildman–Crippen MR) is 133 cm³/mol. The Morgan fingerprint density at radius 1 is 1.03 bits per heavy atom. The van der Waals surface area contributed by atoms with Crippen LogP contribution in [-0.2, 0) is 9.53 Å². The molecule has 0 N–H and O–H groups in total. The molecule has 3 fully saturated rings. The normalized spacial score (nSPS) is 43.2. The van der Waals surface area contributed by atoms with Gasteiger partial charge in [-0.1, -0.05) is 65.3 Å². The van der Waals surface area contributed by atoms with Crippen LogP contribution in [0.1, 0.15) is 99.8 Å². The Kier molecular flexibility index (Phi) is 6.74. The topological polar surface area (TPSA) is 26.3 Å². The highest BCUT2D eigenvalue weighted by atomic mass is 16.5. The predicted octanol–water partition coefficient (Wildman–Crippen LogP) is 7.98. The van der Waals surface area contributed by atoms with Gasteiger partial charge in [-0.25, -0.2) is 0 Å². The number of rotatable bonds is 5. The smallest absolute Gasteiger partial charge is 0.302 e. The van der Waals surface area contributed by atoms with E-state index in [9.17, 15) is 4.79 Å². The van der Waals surface area contributed by atoms with Gasteiger partial charge in [0, 0.05) is 13.3 Å². The first-order valence-electron chi connectivity index (χ1n) is 13.6. The van der Waals surface area contributed by atoms with Crippen LogP contribution in [0.15, 0.2) is 23.8 Å².